The van der Waals surface area contributed by atoms with E-state index in [0.29, 0.717) is 16.9 Å². The van der Waals surface area contributed by atoms with Crippen LogP contribution in [0.15, 0.2) is 70.2 Å². The first-order valence-electron chi connectivity index (χ1n) is 7.90. The van der Waals surface area contributed by atoms with Crippen molar-refractivity contribution in [2.45, 2.75) is 18.7 Å². The molecular formula is C19H18N2O4S. The zero-order valence-electron chi connectivity index (χ0n) is 14.3. The lowest BCUT2D eigenvalue weighted by Gasteiger charge is -2.12. The third kappa shape index (κ3) is 3.94. The Hall–Kier alpha value is -3.06. The van der Waals surface area contributed by atoms with Gasteiger partial charge in [0.25, 0.3) is 15.9 Å². The van der Waals surface area contributed by atoms with Crippen molar-refractivity contribution in [2.75, 3.05) is 10.0 Å². The summed E-state index contributed by atoms with van der Waals surface area (Å²) in [5.74, 6) is -0.240. The minimum absolute atomic E-state index is 0.173. The molecule has 0 aliphatic rings. The molecule has 0 saturated heterocycles. The van der Waals surface area contributed by atoms with Crippen molar-refractivity contribution in [1.82, 2.24) is 0 Å². The number of rotatable bonds is 5. The van der Waals surface area contributed by atoms with E-state index in [0.717, 1.165) is 5.56 Å². The Morgan fingerprint density at radius 2 is 1.73 bits per heavy atom. The monoisotopic (exact) mass is 370 g/mol. The van der Waals surface area contributed by atoms with E-state index in [2.05, 4.69) is 10.0 Å². The molecule has 1 heterocycles. The number of furan rings is 1. The van der Waals surface area contributed by atoms with Gasteiger partial charge in [-0.05, 0) is 61.4 Å². The average Bonchev–Trinajstić information content (AvgIpc) is 3.11. The minimum Gasteiger partial charge on any atom is -0.459 e. The van der Waals surface area contributed by atoms with Crippen LogP contribution in [-0.4, -0.2) is 14.3 Å². The maximum Gasteiger partial charge on any atom is 0.291 e. The van der Waals surface area contributed by atoms with Crippen molar-refractivity contribution in [3.63, 3.8) is 0 Å². The van der Waals surface area contributed by atoms with Crippen molar-refractivity contribution in [2.24, 2.45) is 0 Å². The van der Waals surface area contributed by atoms with Gasteiger partial charge in [-0.15, -0.1) is 0 Å². The van der Waals surface area contributed by atoms with Crippen LogP contribution in [0.5, 0.6) is 0 Å². The van der Waals surface area contributed by atoms with Crippen LogP contribution < -0.4 is 10.0 Å². The van der Waals surface area contributed by atoms with Gasteiger partial charge in [0, 0.05) is 5.69 Å². The van der Waals surface area contributed by atoms with Gasteiger partial charge < -0.3 is 9.73 Å². The van der Waals surface area contributed by atoms with Gasteiger partial charge in [-0.1, -0.05) is 18.2 Å². The molecule has 0 bridgehead atoms. The second-order valence-electron chi connectivity index (χ2n) is 5.89. The SMILES string of the molecule is Cc1ccc(C)c(S(=O)(=O)Nc2cccc(NC(=O)c3ccco3)c2)c1. The van der Waals surface area contributed by atoms with Crippen LogP contribution in [-0.2, 0) is 10.0 Å². The van der Waals surface area contributed by atoms with Crippen LogP contribution in [0.2, 0.25) is 0 Å². The summed E-state index contributed by atoms with van der Waals surface area (Å²) in [6.45, 7) is 3.58. The number of carbonyl (C=O) groups is 1. The Bertz CT molecular complexity index is 1040. The van der Waals surface area contributed by atoms with Gasteiger partial charge in [0.05, 0.1) is 16.8 Å². The van der Waals surface area contributed by atoms with E-state index in [1.807, 2.05) is 13.0 Å². The fraction of sp³-hybridized carbons (Fsp3) is 0.105. The molecule has 2 aromatic carbocycles. The van der Waals surface area contributed by atoms with Crippen LogP contribution in [0, 0.1) is 13.8 Å². The third-order valence-electron chi connectivity index (χ3n) is 3.75. The first-order valence-corrected chi connectivity index (χ1v) is 9.38. The number of hydrogen-bond acceptors (Lipinski definition) is 4. The second kappa shape index (κ2) is 7.05. The molecule has 0 fully saturated rings. The lowest BCUT2D eigenvalue weighted by atomic mass is 10.2. The summed E-state index contributed by atoms with van der Waals surface area (Å²) in [6, 6.07) is 14.9. The van der Waals surface area contributed by atoms with E-state index in [-0.39, 0.29) is 10.7 Å². The maximum absolute atomic E-state index is 12.7. The van der Waals surface area contributed by atoms with Gasteiger partial charge in [-0.3, -0.25) is 9.52 Å². The standard InChI is InChI=1S/C19H18N2O4S/c1-13-8-9-14(2)18(11-13)26(23,24)21-16-6-3-5-15(12-16)20-19(22)17-7-4-10-25-17/h3-12,21H,1-2H3,(H,20,22). The van der Waals surface area contributed by atoms with E-state index < -0.39 is 15.9 Å². The summed E-state index contributed by atoms with van der Waals surface area (Å²) in [7, 11) is -3.74. The predicted octanol–water partition coefficient (Wildman–Crippen LogP) is 3.95. The number of sulfonamides is 1. The molecule has 3 aromatic rings. The number of carbonyl (C=O) groups excluding carboxylic acids is 1. The molecule has 0 aliphatic heterocycles. The number of benzene rings is 2. The molecule has 1 aromatic heterocycles. The number of anilines is 2. The van der Waals surface area contributed by atoms with Gasteiger partial charge in [0.1, 0.15) is 0 Å². The van der Waals surface area contributed by atoms with Gasteiger partial charge in [-0.2, -0.15) is 0 Å². The van der Waals surface area contributed by atoms with Crippen LogP contribution in [0.1, 0.15) is 21.7 Å². The first-order chi connectivity index (χ1) is 12.3. The Balaban J connectivity index is 1.82. The number of amides is 1. The van der Waals surface area contributed by atoms with E-state index >= 15 is 0 Å². The molecule has 3 rings (SSSR count). The van der Waals surface area contributed by atoms with Gasteiger partial charge in [0.15, 0.2) is 5.76 Å². The van der Waals surface area contributed by atoms with Crippen molar-refractivity contribution in [3.8, 4) is 0 Å². The second-order valence-corrected chi connectivity index (χ2v) is 7.54. The summed E-state index contributed by atoms with van der Waals surface area (Å²) in [5, 5.41) is 2.66. The average molecular weight is 370 g/mol. The van der Waals surface area contributed by atoms with Crippen molar-refractivity contribution >= 4 is 27.3 Å². The van der Waals surface area contributed by atoms with E-state index in [9.17, 15) is 13.2 Å². The zero-order chi connectivity index (χ0) is 18.7. The van der Waals surface area contributed by atoms with Crippen LogP contribution in [0.25, 0.3) is 0 Å². The molecule has 0 aliphatic carbocycles. The normalized spacial score (nSPS) is 11.2. The number of aryl methyl sites for hydroxylation is 2. The molecule has 134 valence electrons. The van der Waals surface area contributed by atoms with Crippen molar-refractivity contribution < 1.29 is 17.6 Å². The molecule has 6 nitrogen and oxygen atoms in total. The molecule has 0 saturated carbocycles. The number of nitrogens with one attached hydrogen (secondary N) is 2. The number of hydrogen-bond donors (Lipinski definition) is 2. The Kier molecular flexibility index (Phi) is 4.81. The Labute approximate surface area is 151 Å². The molecule has 0 unspecified atom stereocenters. The van der Waals surface area contributed by atoms with E-state index in [1.165, 1.54) is 6.26 Å². The first kappa shape index (κ1) is 17.8. The smallest absolute Gasteiger partial charge is 0.291 e. The lowest BCUT2D eigenvalue weighted by Crippen LogP contribution is -2.15. The quantitative estimate of drug-likeness (QED) is 0.712. The molecule has 7 heteroatoms. The molecular weight excluding hydrogens is 352 g/mol. The minimum atomic E-state index is -3.74. The molecule has 1 amide bonds. The summed E-state index contributed by atoms with van der Waals surface area (Å²) < 4.78 is 32.9. The fourth-order valence-electron chi connectivity index (χ4n) is 2.47. The molecule has 0 atom stereocenters. The molecule has 0 radical (unpaired) electrons. The predicted molar refractivity (Wildman–Crippen MR) is 99.8 cm³/mol. The van der Waals surface area contributed by atoms with E-state index in [1.54, 1.807) is 55.5 Å². The highest BCUT2D eigenvalue weighted by atomic mass is 32.2. The third-order valence-corrected chi connectivity index (χ3v) is 5.27. The highest BCUT2D eigenvalue weighted by Crippen LogP contribution is 2.22. The van der Waals surface area contributed by atoms with Gasteiger partial charge >= 0.3 is 0 Å². The van der Waals surface area contributed by atoms with E-state index in [4.69, 9.17) is 4.42 Å². The van der Waals surface area contributed by atoms with Crippen LogP contribution >= 0.6 is 0 Å². The summed E-state index contributed by atoms with van der Waals surface area (Å²) >= 11 is 0. The molecule has 0 spiro atoms. The summed E-state index contributed by atoms with van der Waals surface area (Å²) in [4.78, 5) is 12.3. The van der Waals surface area contributed by atoms with Crippen molar-refractivity contribution in [1.29, 1.82) is 0 Å². The van der Waals surface area contributed by atoms with Crippen molar-refractivity contribution in [3.05, 3.63) is 77.7 Å². The Morgan fingerprint density at radius 1 is 0.962 bits per heavy atom. The summed E-state index contributed by atoms with van der Waals surface area (Å²) in [6.07, 6.45) is 1.41. The summed E-state index contributed by atoms with van der Waals surface area (Å²) in [5.41, 5.74) is 2.32. The highest BCUT2D eigenvalue weighted by Gasteiger charge is 2.17. The Morgan fingerprint density at radius 3 is 2.46 bits per heavy atom. The zero-order valence-corrected chi connectivity index (χ0v) is 15.1. The molecule has 26 heavy (non-hydrogen) atoms. The maximum atomic E-state index is 12.7. The van der Waals surface area contributed by atoms with Gasteiger partial charge in [-0.25, -0.2) is 8.42 Å². The highest BCUT2D eigenvalue weighted by molar-refractivity contribution is 7.92. The largest absolute Gasteiger partial charge is 0.459 e. The molecule has 2 N–H and O–H groups in total. The lowest BCUT2D eigenvalue weighted by molar-refractivity contribution is 0.0996. The van der Waals surface area contributed by atoms with Gasteiger partial charge in [0.2, 0.25) is 0 Å². The topological polar surface area (TPSA) is 88.4 Å². The van der Waals surface area contributed by atoms with Crippen LogP contribution in [0.3, 0.4) is 0 Å². The fourth-order valence-corrected chi connectivity index (χ4v) is 3.85. The van der Waals surface area contributed by atoms with Crippen LogP contribution in [0.4, 0.5) is 11.4 Å².